The lowest BCUT2D eigenvalue weighted by Crippen LogP contribution is -2.67. The van der Waals surface area contributed by atoms with Crippen molar-refractivity contribution in [1.82, 2.24) is 15.5 Å². The number of ketones is 1. The number of carbonyl (C=O) groups is 7. The molecule has 2 aliphatic carbocycles. The molecule has 4 aliphatic rings. The molecule has 19 nitrogen and oxygen atoms in total. The average Bonchev–Trinajstić information content (AvgIpc) is 4.28. The minimum atomic E-state index is -1.90. The number of nitrogens with zero attached hydrogens (tertiary/aromatic N) is 1. The van der Waals surface area contributed by atoms with Crippen LogP contribution in [0.2, 0.25) is 0 Å². The monoisotopic (exact) mass is 1110 g/mol. The molecule has 3 amide bonds. The van der Waals surface area contributed by atoms with E-state index in [0.717, 1.165) is 47.9 Å². The van der Waals surface area contributed by atoms with Gasteiger partial charge in [-0.2, -0.15) is 0 Å². The van der Waals surface area contributed by atoms with Gasteiger partial charge in [-0.25, -0.2) is 9.59 Å². The molecule has 0 radical (unpaired) electrons. The summed E-state index contributed by atoms with van der Waals surface area (Å²) < 4.78 is 47.6. The van der Waals surface area contributed by atoms with Crippen LogP contribution in [0, 0.1) is 24.7 Å². The zero-order valence-corrected chi connectivity index (χ0v) is 48.9. The maximum absolute atomic E-state index is 14.6. The molecule has 2 fully saturated rings. The van der Waals surface area contributed by atoms with Gasteiger partial charge in [-0.15, -0.1) is 0 Å². The molecule has 2 heterocycles. The standard InChI is InChI=1S/C60H89N3O16/c1-14-20-51(65)61-28-30-74-46-22-17-15-16-18-23-47(46)76-55(68)38(4)26-25-37(3)54(67)75-29-27-52(66)63(11)42(8)56(69)77-50-34-45(64)39(5)44-32-43(33-48(72-12)40(44)6)31-36(2)21-19-24-49(73-13)60(71)35-58(9,79-57(70)62-60)41(7)53-59(50,10)78-53/h18-19,21,23-24,32-33,37-39,41-42,46-47,49-50,53,71H,14-17,20,22,25-31,34-35H2,1-13H3,(H,61,65)(H,62,70)/b23-18+,24-19+,36-21+/t37?,38?,39?,41-,42-,46?,47?,49?,50-,53-,58-,59-,60?/m0/s1. The number of rotatable bonds is 20. The molecular formula is C60H89N3O16. The first-order valence-electron chi connectivity index (χ1n) is 28.2. The Morgan fingerprint density at radius 2 is 1.65 bits per heavy atom. The summed E-state index contributed by atoms with van der Waals surface area (Å²) in [5, 5.41) is 17.4. The number of allylic oxidation sites excluding steroid dienone is 4. The largest absolute Gasteiger partial charge is 0.496 e. The number of methoxy groups -OCH3 is 2. The second-order valence-electron chi connectivity index (χ2n) is 22.6. The van der Waals surface area contributed by atoms with Crippen LogP contribution in [0.3, 0.4) is 0 Å². The maximum Gasteiger partial charge on any atom is 0.410 e. The molecule has 1 aromatic carbocycles. The van der Waals surface area contributed by atoms with E-state index in [9.17, 15) is 38.7 Å². The molecular weight excluding hydrogens is 1020 g/mol. The summed E-state index contributed by atoms with van der Waals surface area (Å²) in [5.41, 5.74) is -1.17. The fraction of sp³-hybridized carbons (Fsp3) is 0.683. The van der Waals surface area contributed by atoms with Gasteiger partial charge >= 0.3 is 24.0 Å². The Morgan fingerprint density at radius 1 is 0.937 bits per heavy atom. The predicted octanol–water partition coefficient (Wildman–Crippen LogP) is 7.60. The van der Waals surface area contributed by atoms with Crippen LogP contribution in [-0.2, 0) is 68.3 Å². The zero-order chi connectivity index (χ0) is 58.4. The van der Waals surface area contributed by atoms with E-state index in [-0.39, 0.29) is 43.7 Å². The average molecular weight is 1110 g/mol. The second kappa shape index (κ2) is 28.7. The van der Waals surface area contributed by atoms with Crippen molar-refractivity contribution in [3.63, 3.8) is 0 Å². The first kappa shape index (κ1) is 64.2. The molecule has 4 bridgehead atoms. The van der Waals surface area contributed by atoms with E-state index in [1.807, 2.05) is 51.1 Å². The van der Waals surface area contributed by atoms with Crippen LogP contribution >= 0.6 is 0 Å². The summed E-state index contributed by atoms with van der Waals surface area (Å²) in [4.78, 5) is 95.1. The first-order chi connectivity index (χ1) is 37.3. The van der Waals surface area contributed by atoms with Gasteiger partial charge in [-0.3, -0.25) is 29.3 Å². The number of aliphatic hydroxyl groups is 1. The lowest BCUT2D eigenvalue weighted by molar-refractivity contribution is -0.174. The van der Waals surface area contributed by atoms with Gasteiger partial charge in [0.1, 0.15) is 53.7 Å². The highest BCUT2D eigenvalue weighted by atomic mass is 16.7. The molecule has 1 aromatic rings. The Balaban J connectivity index is 1.22. The van der Waals surface area contributed by atoms with Crippen molar-refractivity contribution in [2.45, 2.75) is 206 Å². The highest BCUT2D eigenvalue weighted by Crippen LogP contribution is 2.52. The van der Waals surface area contributed by atoms with Gasteiger partial charge in [0.15, 0.2) is 5.72 Å². The van der Waals surface area contributed by atoms with Crippen molar-refractivity contribution in [3.8, 4) is 5.75 Å². The van der Waals surface area contributed by atoms with E-state index >= 15 is 0 Å². The van der Waals surface area contributed by atoms with Crippen molar-refractivity contribution in [1.29, 1.82) is 0 Å². The normalized spacial score (nSPS) is 30.8. The van der Waals surface area contributed by atoms with Crippen LogP contribution in [-0.4, -0.2) is 146 Å². The number of fused-ring (bicyclic) bond motifs is 5. The van der Waals surface area contributed by atoms with E-state index in [4.69, 9.17) is 37.9 Å². The zero-order valence-electron chi connectivity index (χ0n) is 48.9. The Labute approximate surface area is 467 Å². The van der Waals surface area contributed by atoms with Crippen molar-refractivity contribution in [3.05, 3.63) is 64.8 Å². The molecule has 0 aromatic heterocycles. The van der Waals surface area contributed by atoms with Gasteiger partial charge in [0.05, 0.1) is 44.2 Å². The van der Waals surface area contributed by atoms with Crippen LogP contribution in [0.15, 0.2) is 48.1 Å². The number of esters is 3. The van der Waals surface area contributed by atoms with Gasteiger partial charge < -0.3 is 53.2 Å². The summed E-state index contributed by atoms with van der Waals surface area (Å²) in [5.74, 6) is -4.40. The maximum atomic E-state index is 14.6. The second-order valence-corrected chi connectivity index (χ2v) is 22.6. The summed E-state index contributed by atoms with van der Waals surface area (Å²) >= 11 is 0. The Morgan fingerprint density at radius 3 is 2.33 bits per heavy atom. The van der Waals surface area contributed by atoms with E-state index in [1.165, 1.54) is 26.0 Å². The number of epoxide rings is 1. The first-order valence-corrected chi connectivity index (χ1v) is 28.2. The SMILES string of the molecule is CCCC(=O)NCCOC1CCCC/C=C/C1OC(=O)C(C)CCC(C)C(=O)OCCC(=O)N(C)[C@@H](C)C(=O)O[C@H]1CC(=O)C(C)c2cc(cc(OC)c2C)C/C(C)=C/C=C/C(OC)C2(O)C[C@](C)(OC(=O)N2)[C@@H](C)[C@@H]2O[C@@]12C. The number of carbonyl (C=O) groups excluding carboxylic acids is 7. The van der Waals surface area contributed by atoms with Gasteiger partial charge in [-0.05, 0) is 108 Å². The number of hydrogen-bond donors (Lipinski definition) is 3. The number of benzene rings is 1. The predicted molar refractivity (Wildman–Crippen MR) is 294 cm³/mol. The van der Waals surface area contributed by atoms with Crippen LogP contribution in [0.5, 0.6) is 5.75 Å². The quantitative estimate of drug-likeness (QED) is 0.0374. The molecule has 13 atom stereocenters. The molecule has 5 rings (SSSR count). The van der Waals surface area contributed by atoms with Crippen LogP contribution in [0.25, 0.3) is 0 Å². The lowest BCUT2D eigenvalue weighted by atomic mass is 9.75. The van der Waals surface area contributed by atoms with Crippen molar-refractivity contribution >= 4 is 41.6 Å². The molecule has 440 valence electrons. The van der Waals surface area contributed by atoms with Crippen LogP contribution < -0.4 is 15.4 Å². The summed E-state index contributed by atoms with van der Waals surface area (Å²) in [7, 11) is 4.43. The number of Topliss-reactive ketones (excluding diaryl/α,β-unsaturated/α-hetero) is 1. The minimum absolute atomic E-state index is 0.0329. The molecule has 2 saturated heterocycles. The van der Waals surface area contributed by atoms with Gasteiger partial charge in [-0.1, -0.05) is 77.0 Å². The van der Waals surface area contributed by atoms with E-state index < -0.39 is 101 Å². The van der Waals surface area contributed by atoms with Gasteiger partial charge in [0.2, 0.25) is 11.8 Å². The highest BCUT2D eigenvalue weighted by molar-refractivity contribution is 5.88. The number of amides is 3. The molecule has 2 aliphatic heterocycles. The van der Waals surface area contributed by atoms with Gasteiger partial charge in [0.25, 0.3) is 0 Å². The number of ether oxygens (including phenoxy) is 8. The molecule has 0 saturated carbocycles. The third-order valence-corrected chi connectivity index (χ3v) is 16.4. The fourth-order valence-corrected chi connectivity index (χ4v) is 10.7. The molecule has 79 heavy (non-hydrogen) atoms. The summed E-state index contributed by atoms with van der Waals surface area (Å²) in [6.45, 7) is 18.1. The topological polar surface area (TPSA) is 244 Å². The summed E-state index contributed by atoms with van der Waals surface area (Å²) in [6, 6.07) is 2.74. The molecule has 0 spiro atoms. The Hall–Kier alpha value is -5.63. The van der Waals surface area contributed by atoms with Crippen LogP contribution in [0.1, 0.15) is 156 Å². The number of likely N-dealkylation sites (N-methyl/N-ethyl adjacent to an activating group) is 1. The van der Waals surface area contributed by atoms with Crippen LogP contribution in [0.4, 0.5) is 4.79 Å². The van der Waals surface area contributed by atoms with E-state index in [2.05, 4.69) is 10.6 Å². The minimum Gasteiger partial charge on any atom is -0.496 e. The summed E-state index contributed by atoms with van der Waals surface area (Å²) in [6.07, 6.45) is 9.64. The lowest BCUT2D eigenvalue weighted by Gasteiger charge is -2.47. The van der Waals surface area contributed by atoms with E-state index in [1.54, 1.807) is 60.8 Å². The number of nitrogens with one attached hydrogen (secondary N) is 2. The highest BCUT2D eigenvalue weighted by Gasteiger charge is 2.67. The van der Waals surface area contributed by atoms with Crippen molar-refractivity contribution in [2.24, 2.45) is 17.8 Å². The number of hydrogen-bond acceptors (Lipinski definition) is 16. The smallest absolute Gasteiger partial charge is 0.410 e. The van der Waals surface area contributed by atoms with Crippen molar-refractivity contribution < 1.29 is 76.6 Å². The fourth-order valence-electron chi connectivity index (χ4n) is 10.7. The third kappa shape index (κ3) is 17.0. The van der Waals surface area contributed by atoms with Crippen molar-refractivity contribution in [2.75, 3.05) is 41.0 Å². The van der Waals surface area contributed by atoms with Gasteiger partial charge in [0, 0.05) is 51.8 Å². The Kier molecular flexibility index (Phi) is 23.3. The molecule has 7 unspecified atom stereocenters. The molecule has 3 N–H and O–H groups in total. The third-order valence-electron chi connectivity index (χ3n) is 16.4. The molecule has 19 heteroatoms. The number of alkyl carbamates (subject to hydrolysis) is 1. The Bertz CT molecular complexity index is 2420. The van der Waals surface area contributed by atoms with E-state index in [0.29, 0.717) is 51.0 Å².